The number of aromatic nitrogens is 3. The van der Waals surface area contributed by atoms with E-state index < -0.39 is 0 Å². The maximum atomic E-state index is 12.3. The first-order valence-electron chi connectivity index (χ1n) is 8.68. The summed E-state index contributed by atoms with van der Waals surface area (Å²) in [6.45, 7) is 3.98. The molecule has 0 aliphatic carbocycles. The molecule has 1 aromatic carbocycles. The molecule has 0 unspecified atom stereocenters. The summed E-state index contributed by atoms with van der Waals surface area (Å²) in [6.07, 6.45) is 1.60. The van der Waals surface area contributed by atoms with Crippen LogP contribution in [0.2, 0.25) is 5.02 Å². The predicted octanol–water partition coefficient (Wildman–Crippen LogP) is 5.93. The molecule has 0 saturated carbocycles. The molecule has 0 aliphatic heterocycles. The number of pyridine rings is 1. The third kappa shape index (κ3) is 4.61. The number of nitrogens with zero attached hydrogens (tertiary/aromatic N) is 3. The minimum absolute atomic E-state index is 0.219. The second-order valence-electron chi connectivity index (χ2n) is 6.20. The monoisotopic (exact) mass is 441 g/mol. The van der Waals surface area contributed by atoms with Gasteiger partial charge in [0.2, 0.25) is 0 Å². The van der Waals surface area contributed by atoms with E-state index in [0.717, 1.165) is 26.4 Å². The highest BCUT2D eigenvalue weighted by atomic mass is 35.5. The van der Waals surface area contributed by atoms with Crippen LogP contribution >= 0.6 is 34.3 Å². The summed E-state index contributed by atoms with van der Waals surface area (Å²) >= 11 is 8.99. The Balaban J connectivity index is 1.41. The van der Waals surface area contributed by atoms with Crippen LogP contribution in [-0.2, 0) is 0 Å². The topological polar surface area (TPSA) is 79.8 Å². The number of amides is 1. The number of thiazole rings is 2. The van der Waals surface area contributed by atoms with Gasteiger partial charge >= 0.3 is 0 Å². The molecule has 9 heteroatoms. The molecule has 2 N–H and O–H groups in total. The average Bonchev–Trinajstić information content (AvgIpc) is 3.29. The van der Waals surface area contributed by atoms with E-state index in [1.54, 1.807) is 53.9 Å². The van der Waals surface area contributed by atoms with E-state index in [-0.39, 0.29) is 5.91 Å². The van der Waals surface area contributed by atoms with Crippen molar-refractivity contribution in [3.8, 4) is 10.6 Å². The van der Waals surface area contributed by atoms with Crippen molar-refractivity contribution in [2.24, 2.45) is 0 Å². The van der Waals surface area contributed by atoms with Gasteiger partial charge in [0, 0.05) is 16.0 Å². The van der Waals surface area contributed by atoms with Gasteiger partial charge in [-0.1, -0.05) is 11.6 Å². The van der Waals surface area contributed by atoms with Crippen molar-refractivity contribution in [3.63, 3.8) is 0 Å². The molecule has 146 valence electrons. The number of hydrogen-bond acceptors (Lipinski definition) is 7. The third-order valence-electron chi connectivity index (χ3n) is 4.00. The number of nitrogens with one attached hydrogen (secondary N) is 2. The van der Waals surface area contributed by atoms with Gasteiger partial charge in [-0.15, -0.1) is 22.7 Å². The number of aryl methyl sites for hydroxylation is 2. The van der Waals surface area contributed by atoms with Crippen LogP contribution < -0.4 is 10.6 Å². The van der Waals surface area contributed by atoms with Crippen molar-refractivity contribution < 1.29 is 4.79 Å². The summed E-state index contributed by atoms with van der Waals surface area (Å²) < 4.78 is 0. The van der Waals surface area contributed by atoms with Crippen LogP contribution in [0.3, 0.4) is 0 Å². The molecule has 0 atom stereocenters. The highest BCUT2D eigenvalue weighted by molar-refractivity contribution is 7.16. The highest BCUT2D eigenvalue weighted by Gasteiger charge is 2.12. The lowest BCUT2D eigenvalue weighted by atomic mass is 10.2. The minimum Gasteiger partial charge on any atom is -0.321 e. The number of carbonyl (C=O) groups excluding carboxylic acids is 1. The van der Waals surface area contributed by atoms with E-state index in [4.69, 9.17) is 11.6 Å². The molecule has 3 aromatic heterocycles. The first kappa shape index (κ1) is 19.5. The number of halogens is 1. The van der Waals surface area contributed by atoms with Crippen molar-refractivity contribution in [2.45, 2.75) is 13.8 Å². The van der Waals surface area contributed by atoms with Gasteiger partial charge in [-0.05, 0) is 50.2 Å². The molecule has 0 radical (unpaired) electrons. The molecule has 0 fully saturated rings. The molecule has 0 spiro atoms. The normalized spacial score (nSPS) is 10.7. The quantitative estimate of drug-likeness (QED) is 0.401. The van der Waals surface area contributed by atoms with Crippen LogP contribution in [0.15, 0.2) is 48.0 Å². The Hall–Kier alpha value is -2.81. The number of hydrogen-bond donors (Lipinski definition) is 2. The first-order chi connectivity index (χ1) is 14.0. The van der Waals surface area contributed by atoms with Crippen LogP contribution in [0, 0.1) is 13.8 Å². The second kappa shape index (κ2) is 8.28. The lowest BCUT2D eigenvalue weighted by Crippen LogP contribution is -2.11. The standard InChI is InChI=1S/C20H16ClN5OS2/c1-11-18(29-12(2)23-11)16-10-28-20(25-16)26-17-8-7-15(9-22-17)24-19(27)13-3-5-14(21)6-4-13/h3-10H,1-2H3,(H,24,27)(H,22,25,26). The van der Waals surface area contributed by atoms with Gasteiger partial charge in [-0.2, -0.15) is 0 Å². The third-order valence-corrected chi connectivity index (χ3v) is 6.11. The summed E-state index contributed by atoms with van der Waals surface area (Å²) in [5.41, 5.74) is 3.03. The van der Waals surface area contributed by atoms with E-state index in [1.807, 2.05) is 19.2 Å². The zero-order valence-corrected chi connectivity index (χ0v) is 18.0. The van der Waals surface area contributed by atoms with Crippen LogP contribution in [0.1, 0.15) is 21.1 Å². The van der Waals surface area contributed by atoms with E-state index in [1.165, 1.54) is 11.3 Å². The maximum absolute atomic E-state index is 12.3. The van der Waals surface area contributed by atoms with Gasteiger partial charge in [-0.3, -0.25) is 4.79 Å². The van der Waals surface area contributed by atoms with Crippen molar-refractivity contribution >= 4 is 56.8 Å². The van der Waals surface area contributed by atoms with Crippen molar-refractivity contribution in [1.82, 2.24) is 15.0 Å². The number of anilines is 3. The Bertz CT molecular complexity index is 1150. The summed E-state index contributed by atoms with van der Waals surface area (Å²) in [5.74, 6) is 0.427. The summed E-state index contributed by atoms with van der Waals surface area (Å²) in [6, 6.07) is 10.3. The zero-order valence-electron chi connectivity index (χ0n) is 15.6. The minimum atomic E-state index is -0.219. The van der Waals surface area contributed by atoms with Gasteiger partial charge in [0.15, 0.2) is 5.13 Å². The Morgan fingerprint density at radius 1 is 1.07 bits per heavy atom. The smallest absolute Gasteiger partial charge is 0.255 e. The van der Waals surface area contributed by atoms with Gasteiger partial charge in [0.1, 0.15) is 5.82 Å². The van der Waals surface area contributed by atoms with Crippen LogP contribution in [0.5, 0.6) is 0 Å². The highest BCUT2D eigenvalue weighted by Crippen LogP contribution is 2.32. The molecule has 4 rings (SSSR count). The number of carbonyl (C=O) groups is 1. The lowest BCUT2D eigenvalue weighted by molar-refractivity contribution is 0.102. The molecular formula is C20H16ClN5OS2. The Labute approximate surface area is 180 Å². The fourth-order valence-corrected chi connectivity index (χ4v) is 4.45. The molecule has 0 saturated heterocycles. The molecule has 3 heterocycles. The molecule has 4 aromatic rings. The first-order valence-corrected chi connectivity index (χ1v) is 10.8. The summed E-state index contributed by atoms with van der Waals surface area (Å²) in [5, 5.41) is 10.4. The predicted molar refractivity (Wildman–Crippen MR) is 120 cm³/mol. The van der Waals surface area contributed by atoms with E-state index in [0.29, 0.717) is 22.1 Å². The molecule has 0 aliphatic rings. The van der Waals surface area contributed by atoms with Crippen LogP contribution in [-0.4, -0.2) is 20.9 Å². The largest absolute Gasteiger partial charge is 0.321 e. The Kier molecular flexibility index (Phi) is 5.57. The number of rotatable bonds is 5. The van der Waals surface area contributed by atoms with Gasteiger partial charge in [0.05, 0.1) is 33.2 Å². The fourth-order valence-electron chi connectivity index (χ4n) is 2.66. The lowest BCUT2D eigenvalue weighted by Gasteiger charge is -2.06. The maximum Gasteiger partial charge on any atom is 0.255 e. The Morgan fingerprint density at radius 2 is 1.86 bits per heavy atom. The summed E-state index contributed by atoms with van der Waals surface area (Å²) in [4.78, 5) is 26.8. The molecule has 0 bridgehead atoms. The zero-order chi connectivity index (χ0) is 20.4. The summed E-state index contributed by atoms with van der Waals surface area (Å²) in [7, 11) is 0. The van der Waals surface area contributed by atoms with Crippen molar-refractivity contribution in [1.29, 1.82) is 0 Å². The van der Waals surface area contributed by atoms with Crippen molar-refractivity contribution in [3.05, 3.63) is 69.3 Å². The van der Waals surface area contributed by atoms with Gasteiger partial charge in [-0.25, -0.2) is 15.0 Å². The van der Waals surface area contributed by atoms with Crippen molar-refractivity contribution in [2.75, 3.05) is 10.6 Å². The molecule has 6 nitrogen and oxygen atoms in total. The van der Waals surface area contributed by atoms with E-state index in [9.17, 15) is 4.79 Å². The van der Waals surface area contributed by atoms with Gasteiger partial charge < -0.3 is 10.6 Å². The fraction of sp³-hybridized carbons (Fsp3) is 0.100. The number of benzene rings is 1. The van der Waals surface area contributed by atoms with E-state index in [2.05, 4.69) is 25.6 Å². The SMILES string of the molecule is Cc1nc(C)c(-c2csc(Nc3ccc(NC(=O)c4ccc(Cl)cc4)cn3)n2)s1. The second-order valence-corrected chi connectivity index (χ2v) is 8.70. The molecular weight excluding hydrogens is 426 g/mol. The van der Waals surface area contributed by atoms with E-state index >= 15 is 0 Å². The average molecular weight is 442 g/mol. The molecule has 29 heavy (non-hydrogen) atoms. The van der Waals surface area contributed by atoms with Crippen LogP contribution in [0.4, 0.5) is 16.6 Å². The Morgan fingerprint density at radius 3 is 2.52 bits per heavy atom. The molecule has 1 amide bonds. The van der Waals surface area contributed by atoms with Gasteiger partial charge in [0.25, 0.3) is 5.91 Å². The van der Waals surface area contributed by atoms with Crippen LogP contribution in [0.25, 0.3) is 10.6 Å².